The van der Waals surface area contributed by atoms with Crippen LogP contribution in [0.25, 0.3) is 0 Å². The molecule has 4 heteroatoms. The van der Waals surface area contributed by atoms with Crippen molar-refractivity contribution in [2.75, 3.05) is 26.7 Å². The first kappa shape index (κ1) is 16.9. The number of hydrogen-bond acceptors (Lipinski definition) is 4. The van der Waals surface area contributed by atoms with Crippen LogP contribution in [0.4, 0.5) is 0 Å². The molecule has 1 unspecified atom stereocenters. The number of methoxy groups -OCH3 is 1. The molecule has 0 aromatic carbocycles. The van der Waals surface area contributed by atoms with E-state index in [4.69, 9.17) is 4.74 Å². The van der Waals surface area contributed by atoms with Crippen molar-refractivity contribution in [1.29, 1.82) is 0 Å². The Labute approximate surface area is 133 Å². The van der Waals surface area contributed by atoms with Crippen molar-refractivity contribution in [2.45, 2.75) is 58.7 Å². The summed E-state index contributed by atoms with van der Waals surface area (Å²) < 4.78 is 5.70. The number of thiophene rings is 1. The van der Waals surface area contributed by atoms with E-state index >= 15 is 0 Å². The van der Waals surface area contributed by atoms with E-state index in [0.717, 1.165) is 26.2 Å². The molecule has 0 aliphatic carbocycles. The topological polar surface area (TPSA) is 24.5 Å². The van der Waals surface area contributed by atoms with E-state index in [-0.39, 0.29) is 5.60 Å². The van der Waals surface area contributed by atoms with Gasteiger partial charge in [0.05, 0.1) is 5.60 Å². The highest BCUT2D eigenvalue weighted by Gasteiger charge is 2.30. The monoisotopic (exact) mass is 310 g/mol. The SMILES string of the molecule is CCCNCc1cc(CN2CCCC(C)(OC)C2)c(C)s1. The van der Waals surface area contributed by atoms with Crippen molar-refractivity contribution < 1.29 is 4.74 Å². The maximum Gasteiger partial charge on any atom is 0.0777 e. The summed E-state index contributed by atoms with van der Waals surface area (Å²) in [4.78, 5) is 5.47. The summed E-state index contributed by atoms with van der Waals surface area (Å²) in [6.45, 7) is 12.1. The van der Waals surface area contributed by atoms with Gasteiger partial charge in [-0.2, -0.15) is 0 Å². The molecule has 0 spiro atoms. The van der Waals surface area contributed by atoms with E-state index in [2.05, 4.69) is 37.1 Å². The summed E-state index contributed by atoms with van der Waals surface area (Å²) in [6, 6.07) is 2.39. The van der Waals surface area contributed by atoms with Gasteiger partial charge in [0.1, 0.15) is 0 Å². The van der Waals surface area contributed by atoms with Crippen LogP contribution >= 0.6 is 11.3 Å². The molecule has 1 aliphatic rings. The largest absolute Gasteiger partial charge is 0.377 e. The summed E-state index contributed by atoms with van der Waals surface area (Å²) in [7, 11) is 1.84. The van der Waals surface area contributed by atoms with Gasteiger partial charge in [-0.15, -0.1) is 11.3 Å². The van der Waals surface area contributed by atoms with Crippen LogP contribution in [0, 0.1) is 6.92 Å². The number of nitrogens with zero attached hydrogens (tertiary/aromatic N) is 1. The highest BCUT2D eigenvalue weighted by atomic mass is 32.1. The van der Waals surface area contributed by atoms with Crippen LogP contribution in [0.3, 0.4) is 0 Å². The zero-order chi connectivity index (χ0) is 15.3. The second kappa shape index (κ2) is 7.73. The lowest BCUT2D eigenvalue weighted by molar-refractivity contribution is -0.0527. The Kier molecular flexibility index (Phi) is 6.23. The minimum atomic E-state index is 0.0354. The Balaban J connectivity index is 1.93. The maximum absolute atomic E-state index is 5.70. The molecule has 1 atom stereocenters. The third kappa shape index (κ3) is 4.78. The van der Waals surface area contributed by atoms with Gasteiger partial charge < -0.3 is 10.1 Å². The van der Waals surface area contributed by atoms with Gasteiger partial charge in [-0.25, -0.2) is 0 Å². The maximum atomic E-state index is 5.70. The first-order valence-corrected chi connectivity index (χ1v) is 8.94. The molecule has 0 saturated carbocycles. The highest BCUT2D eigenvalue weighted by Crippen LogP contribution is 2.28. The predicted octanol–water partition coefficient (Wildman–Crippen LogP) is 3.56. The molecule has 3 nitrogen and oxygen atoms in total. The number of piperidine rings is 1. The van der Waals surface area contributed by atoms with Crippen LogP contribution in [0.15, 0.2) is 6.07 Å². The first-order valence-electron chi connectivity index (χ1n) is 8.13. The number of nitrogens with one attached hydrogen (secondary N) is 1. The van der Waals surface area contributed by atoms with E-state index < -0.39 is 0 Å². The van der Waals surface area contributed by atoms with Crippen LogP contribution in [-0.2, 0) is 17.8 Å². The standard InChI is InChI=1S/C17H30N2OS/c1-5-8-18-11-16-10-15(14(2)21-16)12-19-9-6-7-17(3,13-19)20-4/h10,18H,5-9,11-13H2,1-4H3. The molecule has 1 N–H and O–H groups in total. The van der Waals surface area contributed by atoms with Crippen molar-refractivity contribution in [3.63, 3.8) is 0 Å². The molecule has 1 aromatic heterocycles. The van der Waals surface area contributed by atoms with Crippen LogP contribution in [0.5, 0.6) is 0 Å². The van der Waals surface area contributed by atoms with Gasteiger partial charge in [-0.3, -0.25) is 4.90 Å². The van der Waals surface area contributed by atoms with E-state index in [1.807, 2.05) is 18.4 Å². The normalized spacial score (nSPS) is 23.6. The van der Waals surface area contributed by atoms with Gasteiger partial charge in [-0.1, -0.05) is 6.92 Å². The van der Waals surface area contributed by atoms with Crippen molar-refractivity contribution in [1.82, 2.24) is 10.2 Å². The summed E-state index contributed by atoms with van der Waals surface area (Å²) in [6.07, 6.45) is 3.60. The Morgan fingerprint density at radius 2 is 2.29 bits per heavy atom. The van der Waals surface area contributed by atoms with Gasteiger partial charge >= 0.3 is 0 Å². The number of ether oxygens (including phenoxy) is 1. The number of hydrogen-bond donors (Lipinski definition) is 1. The second-order valence-electron chi connectivity index (χ2n) is 6.44. The van der Waals surface area contributed by atoms with Crippen LogP contribution in [0.2, 0.25) is 0 Å². The summed E-state index contributed by atoms with van der Waals surface area (Å²) in [5.74, 6) is 0. The summed E-state index contributed by atoms with van der Waals surface area (Å²) >= 11 is 1.94. The first-order chi connectivity index (χ1) is 10.1. The molecular weight excluding hydrogens is 280 g/mol. The second-order valence-corrected chi connectivity index (χ2v) is 7.78. The fourth-order valence-electron chi connectivity index (χ4n) is 3.07. The average molecular weight is 311 g/mol. The summed E-state index contributed by atoms with van der Waals surface area (Å²) in [5, 5.41) is 3.49. The molecule has 0 radical (unpaired) electrons. The van der Waals surface area contributed by atoms with Crippen molar-refractivity contribution in [3.8, 4) is 0 Å². The molecular formula is C17H30N2OS. The molecule has 0 amide bonds. The lowest BCUT2D eigenvalue weighted by atomic mass is 9.94. The zero-order valence-electron chi connectivity index (χ0n) is 14.0. The van der Waals surface area contributed by atoms with Gasteiger partial charge in [0, 0.05) is 36.5 Å². The third-order valence-electron chi connectivity index (χ3n) is 4.42. The zero-order valence-corrected chi connectivity index (χ0v) is 14.8. The molecule has 1 aliphatic heterocycles. The van der Waals surface area contributed by atoms with Gasteiger partial charge in [0.25, 0.3) is 0 Å². The molecule has 120 valence electrons. The lowest BCUT2D eigenvalue weighted by Gasteiger charge is -2.39. The molecule has 1 saturated heterocycles. The lowest BCUT2D eigenvalue weighted by Crippen LogP contribution is -2.46. The third-order valence-corrected chi connectivity index (χ3v) is 5.52. The van der Waals surface area contributed by atoms with Gasteiger partial charge in [0.15, 0.2) is 0 Å². The Bertz CT molecular complexity index is 446. The van der Waals surface area contributed by atoms with Crippen LogP contribution in [-0.4, -0.2) is 37.2 Å². The van der Waals surface area contributed by atoms with E-state index in [1.54, 1.807) is 0 Å². The molecule has 0 bridgehead atoms. The average Bonchev–Trinajstić information content (AvgIpc) is 2.80. The predicted molar refractivity (Wildman–Crippen MR) is 91.0 cm³/mol. The smallest absolute Gasteiger partial charge is 0.0777 e. The van der Waals surface area contributed by atoms with Crippen molar-refractivity contribution in [3.05, 3.63) is 21.4 Å². The van der Waals surface area contributed by atoms with E-state index in [0.29, 0.717) is 0 Å². The molecule has 2 rings (SSSR count). The van der Waals surface area contributed by atoms with E-state index in [9.17, 15) is 0 Å². The summed E-state index contributed by atoms with van der Waals surface area (Å²) in [5.41, 5.74) is 1.53. The number of likely N-dealkylation sites (tertiary alicyclic amines) is 1. The fourth-order valence-corrected chi connectivity index (χ4v) is 4.09. The quantitative estimate of drug-likeness (QED) is 0.779. The Hall–Kier alpha value is -0.420. The minimum absolute atomic E-state index is 0.0354. The minimum Gasteiger partial charge on any atom is -0.377 e. The molecule has 21 heavy (non-hydrogen) atoms. The van der Waals surface area contributed by atoms with Crippen LogP contribution in [0.1, 0.15) is 48.4 Å². The molecule has 2 heterocycles. The van der Waals surface area contributed by atoms with Crippen molar-refractivity contribution in [2.24, 2.45) is 0 Å². The van der Waals surface area contributed by atoms with Gasteiger partial charge in [0.2, 0.25) is 0 Å². The fraction of sp³-hybridized carbons (Fsp3) is 0.765. The van der Waals surface area contributed by atoms with Crippen LogP contribution < -0.4 is 5.32 Å². The van der Waals surface area contributed by atoms with Gasteiger partial charge in [-0.05, 0) is 57.8 Å². The molecule has 1 aromatic rings. The number of aryl methyl sites for hydroxylation is 1. The Morgan fingerprint density at radius 3 is 3.00 bits per heavy atom. The molecule has 1 fully saturated rings. The van der Waals surface area contributed by atoms with Crippen molar-refractivity contribution >= 4 is 11.3 Å². The van der Waals surface area contributed by atoms with E-state index in [1.165, 1.54) is 41.1 Å². The number of rotatable bonds is 7. The highest BCUT2D eigenvalue weighted by molar-refractivity contribution is 7.12. The Morgan fingerprint density at radius 1 is 1.48 bits per heavy atom.